The van der Waals surface area contributed by atoms with Crippen molar-refractivity contribution in [3.63, 3.8) is 0 Å². The highest BCUT2D eigenvalue weighted by Gasteiger charge is 2.40. The molecule has 8 heteroatoms. The third-order valence-electron chi connectivity index (χ3n) is 3.58. The monoisotopic (exact) mass is 335 g/mol. The fraction of sp³-hybridized carbons (Fsp3) is 0.462. The number of halogens is 2. The third-order valence-corrected chi connectivity index (χ3v) is 5.97. The third kappa shape index (κ3) is 3.20. The molecular weight excluding hydrogens is 321 g/mol. The van der Waals surface area contributed by atoms with Gasteiger partial charge in [-0.05, 0) is 37.0 Å². The van der Waals surface area contributed by atoms with E-state index >= 15 is 0 Å². The molecular formula is C13H15ClFNO4S. The Kier molecular flexibility index (Phi) is 4.55. The maximum absolute atomic E-state index is 13.0. The van der Waals surface area contributed by atoms with Gasteiger partial charge in [-0.1, -0.05) is 18.5 Å². The quantitative estimate of drug-likeness (QED) is 0.920. The van der Waals surface area contributed by atoms with Gasteiger partial charge in [0.2, 0.25) is 10.0 Å². The summed E-state index contributed by atoms with van der Waals surface area (Å²) in [5.74, 6) is -1.72. The van der Waals surface area contributed by atoms with Crippen LogP contribution in [0.4, 0.5) is 4.39 Å². The second-order valence-corrected chi connectivity index (χ2v) is 7.44. The highest BCUT2D eigenvalue weighted by Crippen LogP contribution is 2.31. The molecule has 21 heavy (non-hydrogen) atoms. The van der Waals surface area contributed by atoms with Gasteiger partial charge in [0.25, 0.3) is 0 Å². The maximum atomic E-state index is 13.0. The van der Waals surface area contributed by atoms with Gasteiger partial charge >= 0.3 is 5.97 Å². The van der Waals surface area contributed by atoms with E-state index in [2.05, 4.69) is 0 Å². The molecule has 1 N–H and O–H groups in total. The van der Waals surface area contributed by atoms with Crippen LogP contribution in [-0.4, -0.2) is 36.4 Å². The molecule has 1 aliphatic rings. The minimum absolute atomic E-state index is 0.105. The predicted molar refractivity (Wildman–Crippen MR) is 75.1 cm³/mol. The van der Waals surface area contributed by atoms with Gasteiger partial charge in [-0.2, -0.15) is 4.31 Å². The number of rotatable bonds is 3. The van der Waals surface area contributed by atoms with Gasteiger partial charge in [0, 0.05) is 6.54 Å². The van der Waals surface area contributed by atoms with Crippen LogP contribution in [0.1, 0.15) is 19.8 Å². The molecule has 0 bridgehead atoms. The fourth-order valence-corrected chi connectivity index (χ4v) is 4.56. The van der Waals surface area contributed by atoms with E-state index < -0.39 is 27.9 Å². The largest absolute Gasteiger partial charge is 0.480 e. The summed E-state index contributed by atoms with van der Waals surface area (Å²) in [5.41, 5.74) is 0. The first-order chi connectivity index (χ1) is 9.73. The molecule has 116 valence electrons. The number of carbonyl (C=O) groups is 1. The summed E-state index contributed by atoms with van der Waals surface area (Å²) >= 11 is 5.80. The van der Waals surface area contributed by atoms with Crippen molar-refractivity contribution in [3.05, 3.63) is 29.0 Å². The van der Waals surface area contributed by atoms with Gasteiger partial charge in [0.15, 0.2) is 0 Å². The maximum Gasteiger partial charge on any atom is 0.322 e. The van der Waals surface area contributed by atoms with Crippen LogP contribution in [0.5, 0.6) is 0 Å². The molecule has 1 aliphatic heterocycles. The van der Waals surface area contributed by atoms with Gasteiger partial charge in [0.05, 0.1) is 5.02 Å². The van der Waals surface area contributed by atoms with Crippen LogP contribution in [0, 0.1) is 11.7 Å². The Balaban J connectivity index is 2.44. The number of benzene rings is 1. The molecule has 2 unspecified atom stereocenters. The topological polar surface area (TPSA) is 74.7 Å². The van der Waals surface area contributed by atoms with Crippen LogP contribution >= 0.6 is 11.6 Å². The zero-order valence-electron chi connectivity index (χ0n) is 11.3. The molecule has 0 aliphatic carbocycles. The molecule has 5 nitrogen and oxygen atoms in total. The van der Waals surface area contributed by atoms with Gasteiger partial charge < -0.3 is 5.11 Å². The zero-order valence-corrected chi connectivity index (χ0v) is 12.9. The minimum Gasteiger partial charge on any atom is -0.480 e. The van der Waals surface area contributed by atoms with Crippen molar-refractivity contribution in [1.29, 1.82) is 0 Å². The molecule has 1 saturated heterocycles. The van der Waals surface area contributed by atoms with Crippen molar-refractivity contribution in [2.45, 2.75) is 30.7 Å². The van der Waals surface area contributed by atoms with Gasteiger partial charge in [-0.25, -0.2) is 12.8 Å². The summed E-state index contributed by atoms with van der Waals surface area (Å²) in [6, 6.07) is 1.82. The minimum atomic E-state index is -4.07. The van der Waals surface area contributed by atoms with E-state index in [0.717, 1.165) is 22.5 Å². The Morgan fingerprint density at radius 3 is 2.71 bits per heavy atom. The highest BCUT2D eigenvalue weighted by atomic mass is 35.5. The summed E-state index contributed by atoms with van der Waals surface area (Å²) < 4.78 is 39.2. The summed E-state index contributed by atoms with van der Waals surface area (Å²) in [7, 11) is -4.07. The van der Waals surface area contributed by atoms with Gasteiger partial charge in [0.1, 0.15) is 16.8 Å². The second kappa shape index (κ2) is 5.90. The lowest BCUT2D eigenvalue weighted by Crippen LogP contribution is -2.49. The zero-order chi connectivity index (χ0) is 15.8. The van der Waals surface area contributed by atoms with Crippen LogP contribution in [-0.2, 0) is 14.8 Å². The normalized spacial score (nSPS) is 24.0. The van der Waals surface area contributed by atoms with Crippen LogP contribution in [0.2, 0.25) is 5.02 Å². The van der Waals surface area contributed by atoms with Crippen LogP contribution < -0.4 is 0 Å². The number of sulfonamides is 1. The van der Waals surface area contributed by atoms with Crippen molar-refractivity contribution in [3.8, 4) is 0 Å². The molecule has 0 radical (unpaired) electrons. The first-order valence-electron chi connectivity index (χ1n) is 6.43. The van der Waals surface area contributed by atoms with Crippen LogP contribution in [0.15, 0.2) is 23.1 Å². The summed E-state index contributed by atoms with van der Waals surface area (Å²) in [5, 5.41) is 9.00. The Labute approximate surface area is 127 Å². The van der Waals surface area contributed by atoms with E-state index in [-0.39, 0.29) is 28.8 Å². The molecule has 0 saturated carbocycles. The van der Waals surface area contributed by atoms with Crippen LogP contribution in [0.25, 0.3) is 0 Å². The molecule has 1 heterocycles. The average Bonchev–Trinajstić information content (AvgIpc) is 2.37. The molecule has 0 amide bonds. The lowest BCUT2D eigenvalue weighted by Gasteiger charge is -2.35. The Morgan fingerprint density at radius 1 is 1.48 bits per heavy atom. The van der Waals surface area contributed by atoms with E-state index in [9.17, 15) is 22.7 Å². The first-order valence-corrected chi connectivity index (χ1v) is 8.25. The summed E-state index contributed by atoms with van der Waals surface area (Å²) in [6.45, 7) is 1.99. The molecule has 0 aromatic heterocycles. The Bertz CT molecular complexity index is 664. The lowest BCUT2D eigenvalue weighted by atomic mass is 9.94. The highest BCUT2D eigenvalue weighted by molar-refractivity contribution is 7.89. The molecule has 0 spiro atoms. The van der Waals surface area contributed by atoms with E-state index in [1.54, 1.807) is 0 Å². The number of hydrogen-bond acceptors (Lipinski definition) is 3. The molecule has 2 atom stereocenters. The summed E-state index contributed by atoms with van der Waals surface area (Å²) in [6.07, 6.45) is 0.815. The molecule has 1 aromatic rings. The van der Waals surface area contributed by atoms with Crippen molar-refractivity contribution in [2.24, 2.45) is 5.92 Å². The first kappa shape index (κ1) is 16.2. The molecule has 2 rings (SSSR count). The van der Waals surface area contributed by atoms with Gasteiger partial charge in [-0.3, -0.25) is 4.79 Å². The van der Waals surface area contributed by atoms with Crippen molar-refractivity contribution in [2.75, 3.05) is 6.54 Å². The Morgan fingerprint density at radius 2 is 2.14 bits per heavy atom. The standard InChI is InChI=1S/C13H15ClFNO4S/c1-8-4-5-16(11(6-8)13(17)18)21(19,20)12-3-2-9(15)7-10(12)14/h2-3,7-8,11H,4-6H2,1H3,(H,17,18). The van der Waals surface area contributed by atoms with Crippen LogP contribution in [0.3, 0.4) is 0 Å². The molecule has 1 fully saturated rings. The fourth-order valence-electron chi connectivity index (χ4n) is 2.44. The van der Waals surface area contributed by atoms with E-state index in [0.29, 0.717) is 6.42 Å². The second-order valence-electron chi connectivity index (χ2n) is 5.17. The SMILES string of the molecule is CC1CCN(S(=O)(=O)c2ccc(F)cc2Cl)C(C(=O)O)C1. The van der Waals surface area contributed by atoms with E-state index in [4.69, 9.17) is 11.6 Å². The predicted octanol–water partition coefficient (Wildman–Crippen LogP) is 2.35. The Hall–Kier alpha value is -1.18. The number of carboxylic acid groups (broad SMARTS) is 1. The number of hydrogen-bond donors (Lipinski definition) is 1. The van der Waals surface area contributed by atoms with Crippen molar-refractivity contribution >= 4 is 27.6 Å². The van der Waals surface area contributed by atoms with Crippen molar-refractivity contribution in [1.82, 2.24) is 4.31 Å². The smallest absolute Gasteiger partial charge is 0.322 e. The van der Waals surface area contributed by atoms with Crippen molar-refractivity contribution < 1.29 is 22.7 Å². The summed E-state index contributed by atoms with van der Waals surface area (Å²) in [4.78, 5) is 11.1. The number of nitrogens with zero attached hydrogens (tertiary/aromatic N) is 1. The van der Waals surface area contributed by atoms with E-state index in [1.807, 2.05) is 6.92 Å². The molecule has 1 aromatic carbocycles. The average molecular weight is 336 g/mol. The number of carboxylic acids is 1. The lowest BCUT2D eigenvalue weighted by molar-refractivity contribution is -0.143. The van der Waals surface area contributed by atoms with Gasteiger partial charge in [-0.15, -0.1) is 0 Å². The number of aliphatic carboxylic acids is 1. The van der Waals surface area contributed by atoms with E-state index in [1.165, 1.54) is 0 Å². The number of piperidine rings is 1.